The number of nitrogens with zero attached hydrogens (tertiary/aromatic N) is 1. The molecule has 1 aromatic heterocycles. The van der Waals surface area contributed by atoms with Gasteiger partial charge in [-0.1, -0.05) is 18.2 Å². The molecule has 86 valence electrons. The van der Waals surface area contributed by atoms with E-state index in [-0.39, 0.29) is 0 Å². The zero-order valence-electron chi connectivity index (χ0n) is 10.2. The molecule has 0 atom stereocenters. The first-order valence-corrected chi connectivity index (χ1v) is 5.85. The molecule has 0 aliphatic rings. The van der Waals surface area contributed by atoms with E-state index in [0.29, 0.717) is 6.10 Å². The van der Waals surface area contributed by atoms with Gasteiger partial charge in [0.1, 0.15) is 0 Å². The lowest BCUT2D eigenvalue weighted by atomic mass is 10.2. The first-order valence-electron chi connectivity index (χ1n) is 5.85. The zero-order valence-corrected chi connectivity index (χ0v) is 10.2. The quantitative estimate of drug-likeness (QED) is 0.765. The summed E-state index contributed by atoms with van der Waals surface area (Å²) >= 11 is 0. The summed E-state index contributed by atoms with van der Waals surface area (Å²) < 4.78 is 7.92. The summed E-state index contributed by atoms with van der Waals surface area (Å²) in [5.74, 6) is 0. The lowest BCUT2D eigenvalue weighted by molar-refractivity contribution is 0.0731. The standard InChI is InChI=1S/C14H19NO/c1-11(2)16-9-8-15-12(3)10-13-6-4-5-7-14(13)15/h4-7,10-11H,8-9H2,1-3H3. The fourth-order valence-electron chi connectivity index (χ4n) is 2.02. The van der Waals surface area contributed by atoms with Crippen molar-refractivity contribution in [3.63, 3.8) is 0 Å². The van der Waals surface area contributed by atoms with Crippen LogP contribution >= 0.6 is 0 Å². The van der Waals surface area contributed by atoms with Crippen molar-refractivity contribution < 1.29 is 4.74 Å². The van der Waals surface area contributed by atoms with Crippen LogP contribution in [-0.4, -0.2) is 17.3 Å². The van der Waals surface area contributed by atoms with E-state index >= 15 is 0 Å². The second-order valence-corrected chi connectivity index (χ2v) is 4.42. The number of rotatable bonds is 4. The number of benzene rings is 1. The number of ether oxygens (including phenoxy) is 1. The SMILES string of the molecule is Cc1cc2ccccc2n1CCOC(C)C. The maximum absolute atomic E-state index is 5.60. The average Bonchev–Trinajstić information content (AvgIpc) is 2.55. The van der Waals surface area contributed by atoms with Gasteiger partial charge in [0.2, 0.25) is 0 Å². The van der Waals surface area contributed by atoms with Crippen molar-refractivity contribution in [3.05, 3.63) is 36.0 Å². The highest BCUT2D eigenvalue weighted by Gasteiger charge is 2.04. The Morgan fingerprint density at radius 3 is 2.75 bits per heavy atom. The van der Waals surface area contributed by atoms with Gasteiger partial charge in [0.25, 0.3) is 0 Å². The van der Waals surface area contributed by atoms with Crippen LogP contribution in [0.5, 0.6) is 0 Å². The first-order chi connectivity index (χ1) is 7.68. The maximum Gasteiger partial charge on any atom is 0.0649 e. The Labute approximate surface area is 96.8 Å². The lowest BCUT2D eigenvalue weighted by Crippen LogP contribution is -2.11. The fraction of sp³-hybridized carbons (Fsp3) is 0.429. The van der Waals surface area contributed by atoms with E-state index in [4.69, 9.17) is 4.74 Å². The normalized spacial score (nSPS) is 11.5. The van der Waals surface area contributed by atoms with Gasteiger partial charge in [0, 0.05) is 17.8 Å². The van der Waals surface area contributed by atoms with E-state index in [2.05, 4.69) is 55.7 Å². The summed E-state index contributed by atoms with van der Waals surface area (Å²) in [6.07, 6.45) is 0.308. The van der Waals surface area contributed by atoms with E-state index in [1.807, 2.05) is 0 Å². The predicted molar refractivity (Wildman–Crippen MR) is 67.8 cm³/mol. The zero-order chi connectivity index (χ0) is 11.5. The molecule has 2 rings (SSSR count). The molecule has 2 aromatic rings. The van der Waals surface area contributed by atoms with Gasteiger partial charge in [-0.05, 0) is 38.3 Å². The lowest BCUT2D eigenvalue weighted by Gasteiger charge is -2.11. The number of hydrogen-bond acceptors (Lipinski definition) is 1. The Morgan fingerprint density at radius 2 is 2.00 bits per heavy atom. The molecule has 0 aliphatic carbocycles. The molecular formula is C14H19NO. The fourth-order valence-corrected chi connectivity index (χ4v) is 2.02. The van der Waals surface area contributed by atoms with Gasteiger partial charge in [-0.2, -0.15) is 0 Å². The van der Waals surface area contributed by atoms with Crippen LogP contribution in [-0.2, 0) is 11.3 Å². The van der Waals surface area contributed by atoms with Crippen molar-refractivity contribution in [2.45, 2.75) is 33.4 Å². The van der Waals surface area contributed by atoms with Crippen molar-refractivity contribution in [2.75, 3.05) is 6.61 Å². The molecular weight excluding hydrogens is 198 g/mol. The number of aromatic nitrogens is 1. The van der Waals surface area contributed by atoms with E-state index in [0.717, 1.165) is 13.2 Å². The molecule has 16 heavy (non-hydrogen) atoms. The van der Waals surface area contributed by atoms with Crippen LogP contribution in [0.1, 0.15) is 19.5 Å². The highest BCUT2D eigenvalue weighted by atomic mass is 16.5. The van der Waals surface area contributed by atoms with E-state index in [1.54, 1.807) is 0 Å². The van der Waals surface area contributed by atoms with Gasteiger partial charge in [0.05, 0.1) is 12.7 Å². The molecule has 0 bridgehead atoms. The first kappa shape index (κ1) is 11.2. The van der Waals surface area contributed by atoms with Crippen LogP contribution in [0.25, 0.3) is 10.9 Å². The third kappa shape index (κ3) is 2.27. The summed E-state index contributed by atoms with van der Waals surface area (Å²) in [5, 5.41) is 1.31. The topological polar surface area (TPSA) is 14.2 Å². The van der Waals surface area contributed by atoms with E-state index < -0.39 is 0 Å². The van der Waals surface area contributed by atoms with Crippen LogP contribution in [0.2, 0.25) is 0 Å². The number of fused-ring (bicyclic) bond motifs is 1. The van der Waals surface area contributed by atoms with Crippen molar-refractivity contribution in [3.8, 4) is 0 Å². The van der Waals surface area contributed by atoms with Crippen molar-refractivity contribution in [2.24, 2.45) is 0 Å². The van der Waals surface area contributed by atoms with Crippen LogP contribution in [0.4, 0.5) is 0 Å². The monoisotopic (exact) mass is 217 g/mol. The Bertz CT molecular complexity index is 471. The minimum absolute atomic E-state index is 0.308. The molecule has 1 aromatic carbocycles. The molecule has 0 N–H and O–H groups in total. The Hall–Kier alpha value is -1.28. The molecule has 2 heteroatoms. The van der Waals surface area contributed by atoms with E-state index in [9.17, 15) is 0 Å². The van der Waals surface area contributed by atoms with Crippen molar-refractivity contribution >= 4 is 10.9 Å². The third-order valence-electron chi connectivity index (χ3n) is 2.78. The Morgan fingerprint density at radius 1 is 1.25 bits per heavy atom. The smallest absolute Gasteiger partial charge is 0.0649 e. The predicted octanol–water partition coefficient (Wildman–Crippen LogP) is 3.37. The minimum Gasteiger partial charge on any atom is -0.377 e. The van der Waals surface area contributed by atoms with Crippen LogP contribution < -0.4 is 0 Å². The third-order valence-corrected chi connectivity index (χ3v) is 2.78. The van der Waals surface area contributed by atoms with Gasteiger partial charge in [-0.15, -0.1) is 0 Å². The summed E-state index contributed by atoms with van der Waals surface area (Å²) in [6.45, 7) is 7.99. The van der Waals surface area contributed by atoms with Gasteiger partial charge < -0.3 is 9.30 Å². The highest BCUT2D eigenvalue weighted by molar-refractivity contribution is 5.81. The van der Waals surface area contributed by atoms with Crippen LogP contribution in [0.3, 0.4) is 0 Å². The van der Waals surface area contributed by atoms with Crippen LogP contribution in [0.15, 0.2) is 30.3 Å². The molecule has 0 radical (unpaired) electrons. The second kappa shape index (κ2) is 4.71. The maximum atomic E-state index is 5.60. The number of para-hydroxylation sites is 1. The summed E-state index contributed by atoms with van der Waals surface area (Å²) in [7, 11) is 0. The van der Waals surface area contributed by atoms with E-state index in [1.165, 1.54) is 16.6 Å². The summed E-state index contributed by atoms with van der Waals surface area (Å²) in [4.78, 5) is 0. The average molecular weight is 217 g/mol. The van der Waals surface area contributed by atoms with Crippen LogP contribution in [0, 0.1) is 6.92 Å². The molecule has 2 nitrogen and oxygen atoms in total. The molecule has 0 amide bonds. The molecule has 0 fully saturated rings. The van der Waals surface area contributed by atoms with Gasteiger partial charge in [0.15, 0.2) is 0 Å². The van der Waals surface area contributed by atoms with Gasteiger partial charge in [-0.25, -0.2) is 0 Å². The number of aryl methyl sites for hydroxylation is 1. The summed E-state index contributed by atoms with van der Waals surface area (Å²) in [5.41, 5.74) is 2.60. The molecule has 1 heterocycles. The second-order valence-electron chi connectivity index (χ2n) is 4.42. The summed E-state index contributed by atoms with van der Waals surface area (Å²) in [6, 6.07) is 10.7. The van der Waals surface area contributed by atoms with Crippen molar-refractivity contribution in [1.82, 2.24) is 4.57 Å². The largest absolute Gasteiger partial charge is 0.377 e. The van der Waals surface area contributed by atoms with Gasteiger partial charge in [-0.3, -0.25) is 0 Å². The molecule has 0 spiro atoms. The highest BCUT2D eigenvalue weighted by Crippen LogP contribution is 2.18. The Kier molecular flexibility index (Phi) is 3.30. The van der Waals surface area contributed by atoms with Crippen molar-refractivity contribution in [1.29, 1.82) is 0 Å². The Balaban J connectivity index is 2.19. The number of hydrogen-bond donors (Lipinski definition) is 0. The molecule has 0 unspecified atom stereocenters. The molecule has 0 saturated carbocycles. The minimum atomic E-state index is 0.308. The van der Waals surface area contributed by atoms with Gasteiger partial charge >= 0.3 is 0 Å². The molecule has 0 aliphatic heterocycles. The molecule has 0 saturated heterocycles.